The molecule has 0 fully saturated rings. The molecule has 2 rings (SSSR count). The number of aromatic nitrogens is 2. The standard InChI is InChI=1S/C14H20N4O2S/c1-11-14(12(2)18(17-11)9-8-15)21(19,20)16-10-13-6-4-3-5-7-13/h3-7,16H,8-10,15H2,1-2H3. The number of nitrogens with one attached hydrogen (secondary N) is 1. The summed E-state index contributed by atoms with van der Waals surface area (Å²) in [6.45, 7) is 4.60. The maximum Gasteiger partial charge on any atom is 0.244 e. The maximum atomic E-state index is 12.5. The van der Waals surface area contributed by atoms with Gasteiger partial charge in [-0.05, 0) is 19.4 Å². The third-order valence-electron chi connectivity index (χ3n) is 3.23. The summed E-state index contributed by atoms with van der Waals surface area (Å²) in [5.74, 6) is 0. The summed E-state index contributed by atoms with van der Waals surface area (Å²) in [6.07, 6.45) is 0. The van der Waals surface area contributed by atoms with Crippen molar-refractivity contribution in [1.29, 1.82) is 0 Å². The molecule has 0 saturated carbocycles. The molecule has 3 N–H and O–H groups in total. The first-order valence-corrected chi connectivity index (χ1v) is 8.21. The Labute approximate surface area is 125 Å². The number of aryl methyl sites for hydroxylation is 1. The van der Waals surface area contributed by atoms with Crippen molar-refractivity contribution >= 4 is 10.0 Å². The zero-order chi connectivity index (χ0) is 15.5. The van der Waals surface area contributed by atoms with Crippen LogP contribution in [0.15, 0.2) is 35.2 Å². The van der Waals surface area contributed by atoms with Crippen LogP contribution >= 0.6 is 0 Å². The predicted octanol–water partition coefficient (Wildman–Crippen LogP) is 0.937. The van der Waals surface area contributed by atoms with Crippen LogP contribution in [0.4, 0.5) is 0 Å². The van der Waals surface area contributed by atoms with Gasteiger partial charge in [-0.3, -0.25) is 4.68 Å². The number of sulfonamides is 1. The lowest BCUT2D eigenvalue weighted by molar-refractivity contribution is 0.577. The summed E-state index contributed by atoms with van der Waals surface area (Å²) < 4.78 is 29.2. The Hall–Kier alpha value is -1.70. The van der Waals surface area contributed by atoms with Crippen LogP contribution in [-0.2, 0) is 23.1 Å². The summed E-state index contributed by atoms with van der Waals surface area (Å²) in [7, 11) is -3.59. The predicted molar refractivity (Wildman–Crippen MR) is 81.2 cm³/mol. The molecule has 1 heterocycles. The fraction of sp³-hybridized carbons (Fsp3) is 0.357. The second kappa shape index (κ2) is 6.38. The van der Waals surface area contributed by atoms with Crippen molar-refractivity contribution in [2.24, 2.45) is 5.73 Å². The molecular formula is C14H20N4O2S. The van der Waals surface area contributed by atoms with Crippen LogP contribution in [0.1, 0.15) is 17.0 Å². The van der Waals surface area contributed by atoms with Gasteiger partial charge in [0.25, 0.3) is 0 Å². The summed E-state index contributed by atoms with van der Waals surface area (Å²) in [5, 5.41) is 4.24. The zero-order valence-electron chi connectivity index (χ0n) is 12.2. The van der Waals surface area contributed by atoms with Gasteiger partial charge in [0.2, 0.25) is 10.0 Å². The van der Waals surface area contributed by atoms with Crippen LogP contribution in [-0.4, -0.2) is 24.7 Å². The highest BCUT2D eigenvalue weighted by Crippen LogP contribution is 2.19. The quantitative estimate of drug-likeness (QED) is 0.831. The first kappa shape index (κ1) is 15.7. The molecule has 0 unspecified atom stereocenters. The molecule has 0 aliphatic rings. The molecule has 0 aliphatic carbocycles. The van der Waals surface area contributed by atoms with Crippen molar-refractivity contribution in [3.05, 3.63) is 47.3 Å². The maximum absolute atomic E-state index is 12.5. The molecule has 1 aromatic carbocycles. The molecule has 0 atom stereocenters. The highest BCUT2D eigenvalue weighted by molar-refractivity contribution is 7.89. The molecule has 0 saturated heterocycles. The second-order valence-electron chi connectivity index (χ2n) is 4.82. The van der Waals surface area contributed by atoms with Crippen LogP contribution in [0.3, 0.4) is 0 Å². The van der Waals surface area contributed by atoms with E-state index in [4.69, 9.17) is 5.73 Å². The van der Waals surface area contributed by atoms with Crippen molar-refractivity contribution in [2.75, 3.05) is 6.54 Å². The van der Waals surface area contributed by atoms with Crippen molar-refractivity contribution < 1.29 is 8.42 Å². The monoisotopic (exact) mass is 308 g/mol. The molecule has 0 bridgehead atoms. The SMILES string of the molecule is Cc1nn(CCN)c(C)c1S(=O)(=O)NCc1ccccc1. The minimum absolute atomic E-state index is 0.242. The number of rotatable bonds is 6. The zero-order valence-corrected chi connectivity index (χ0v) is 13.0. The van der Waals surface area contributed by atoms with Crippen LogP contribution in [0, 0.1) is 13.8 Å². The summed E-state index contributed by atoms with van der Waals surface area (Å²) in [6, 6.07) is 9.39. The minimum atomic E-state index is -3.59. The molecule has 21 heavy (non-hydrogen) atoms. The first-order chi connectivity index (χ1) is 9.95. The second-order valence-corrected chi connectivity index (χ2v) is 6.53. The number of benzene rings is 1. The smallest absolute Gasteiger partial charge is 0.244 e. The van der Waals surface area contributed by atoms with Crippen LogP contribution in [0.5, 0.6) is 0 Å². The van der Waals surface area contributed by atoms with Gasteiger partial charge in [0.05, 0.1) is 17.9 Å². The lowest BCUT2D eigenvalue weighted by Crippen LogP contribution is -2.24. The number of hydrogen-bond donors (Lipinski definition) is 2. The van der Waals surface area contributed by atoms with E-state index in [2.05, 4.69) is 9.82 Å². The van der Waals surface area contributed by atoms with E-state index in [0.29, 0.717) is 24.5 Å². The Morgan fingerprint density at radius 2 is 1.90 bits per heavy atom. The van der Waals surface area contributed by atoms with E-state index in [1.165, 1.54) is 0 Å². The van der Waals surface area contributed by atoms with E-state index in [9.17, 15) is 8.42 Å². The first-order valence-electron chi connectivity index (χ1n) is 6.73. The Morgan fingerprint density at radius 3 is 2.52 bits per heavy atom. The lowest BCUT2D eigenvalue weighted by Gasteiger charge is -2.08. The Bertz CT molecular complexity index is 708. The van der Waals surface area contributed by atoms with Crippen molar-refractivity contribution in [1.82, 2.24) is 14.5 Å². The van der Waals surface area contributed by atoms with E-state index >= 15 is 0 Å². The van der Waals surface area contributed by atoms with Gasteiger partial charge in [-0.15, -0.1) is 0 Å². The number of nitrogens with zero attached hydrogens (tertiary/aromatic N) is 2. The molecule has 0 radical (unpaired) electrons. The van der Waals surface area contributed by atoms with E-state index < -0.39 is 10.0 Å². The van der Waals surface area contributed by atoms with E-state index in [1.54, 1.807) is 18.5 Å². The number of nitrogens with two attached hydrogens (primary N) is 1. The fourth-order valence-corrected chi connectivity index (χ4v) is 3.68. The summed E-state index contributed by atoms with van der Waals surface area (Å²) in [4.78, 5) is 0.242. The highest BCUT2D eigenvalue weighted by atomic mass is 32.2. The lowest BCUT2D eigenvalue weighted by atomic mass is 10.2. The van der Waals surface area contributed by atoms with E-state index in [0.717, 1.165) is 5.56 Å². The average Bonchev–Trinajstić information content (AvgIpc) is 2.73. The van der Waals surface area contributed by atoms with Gasteiger partial charge in [-0.25, -0.2) is 13.1 Å². The van der Waals surface area contributed by atoms with Gasteiger partial charge >= 0.3 is 0 Å². The highest BCUT2D eigenvalue weighted by Gasteiger charge is 2.24. The van der Waals surface area contributed by atoms with Crippen LogP contribution in [0.2, 0.25) is 0 Å². The van der Waals surface area contributed by atoms with E-state index in [-0.39, 0.29) is 11.4 Å². The minimum Gasteiger partial charge on any atom is -0.329 e. The molecule has 2 aromatic rings. The fourth-order valence-electron chi connectivity index (χ4n) is 2.26. The van der Waals surface area contributed by atoms with Gasteiger partial charge in [0.15, 0.2) is 0 Å². The van der Waals surface area contributed by atoms with Gasteiger partial charge in [0, 0.05) is 13.1 Å². The van der Waals surface area contributed by atoms with Gasteiger partial charge in [0.1, 0.15) is 4.90 Å². The normalized spacial score (nSPS) is 11.8. The Morgan fingerprint density at radius 1 is 1.24 bits per heavy atom. The van der Waals surface area contributed by atoms with Crippen LogP contribution < -0.4 is 10.5 Å². The largest absolute Gasteiger partial charge is 0.329 e. The number of hydrogen-bond acceptors (Lipinski definition) is 4. The van der Waals surface area contributed by atoms with Crippen molar-refractivity contribution in [3.8, 4) is 0 Å². The summed E-state index contributed by atoms with van der Waals surface area (Å²) >= 11 is 0. The van der Waals surface area contributed by atoms with Crippen molar-refractivity contribution in [3.63, 3.8) is 0 Å². The van der Waals surface area contributed by atoms with Gasteiger partial charge in [-0.2, -0.15) is 5.10 Å². The molecule has 6 nitrogen and oxygen atoms in total. The molecular weight excluding hydrogens is 288 g/mol. The van der Waals surface area contributed by atoms with Gasteiger partial charge < -0.3 is 5.73 Å². The average molecular weight is 308 g/mol. The van der Waals surface area contributed by atoms with E-state index in [1.807, 2.05) is 30.3 Å². The topological polar surface area (TPSA) is 90.0 Å². The van der Waals surface area contributed by atoms with Gasteiger partial charge in [-0.1, -0.05) is 30.3 Å². The Kier molecular flexibility index (Phi) is 4.76. The summed E-state index contributed by atoms with van der Waals surface area (Å²) in [5.41, 5.74) is 7.51. The molecule has 0 spiro atoms. The molecule has 1 aromatic heterocycles. The van der Waals surface area contributed by atoms with Crippen LogP contribution in [0.25, 0.3) is 0 Å². The van der Waals surface area contributed by atoms with Crippen molar-refractivity contribution in [2.45, 2.75) is 31.8 Å². The molecule has 0 aliphatic heterocycles. The molecule has 7 heteroatoms. The third-order valence-corrected chi connectivity index (χ3v) is 4.89. The molecule has 114 valence electrons. The molecule has 0 amide bonds. The third kappa shape index (κ3) is 3.49. The Balaban J connectivity index is 2.24.